The first-order valence-corrected chi connectivity index (χ1v) is 5.90. The molecule has 2 rings (SSSR count). The van der Waals surface area contributed by atoms with Crippen molar-refractivity contribution in [3.63, 3.8) is 0 Å². The molecule has 0 saturated heterocycles. The number of nitrogens with zero attached hydrogens (tertiary/aromatic N) is 2. The molecule has 2 aromatic rings. The fourth-order valence-electron chi connectivity index (χ4n) is 1.41. The number of hydrogen-bond donors (Lipinski definition) is 1. The Hall–Kier alpha value is -1.16. The van der Waals surface area contributed by atoms with Crippen LogP contribution in [0.15, 0.2) is 36.9 Å². The SMILES string of the molecule is Clc1ccncc1CNCc1cnccc1Cl. The number of hydrogen-bond acceptors (Lipinski definition) is 3. The first-order chi connectivity index (χ1) is 8.27. The van der Waals surface area contributed by atoms with Crippen LogP contribution in [0.4, 0.5) is 0 Å². The van der Waals surface area contributed by atoms with E-state index in [1.807, 2.05) is 0 Å². The molecular formula is C12H11Cl2N3. The summed E-state index contributed by atoms with van der Waals surface area (Å²) in [6.45, 7) is 1.30. The largest absolute Gasteiger partial charge is 0.308 e. The molecule has 0 unspecified atom stereocenters. The monoisotopic (exact) mass is 267 g/mol. The second-order valence-electron chi connectivity index (χ2n) is 3.54. The van der Waals surface area contributed by atoms with E-state index < -0.39 is 0 Å². The van der Waals surface area contributed by atoms with Gasteiger partial charge in [0, 0.05) is 59.0 Å². The molecule has 5 heteroatoms. The summed E-state index contributed by atoms with van der Waals surface area (Å²) in [7, 11) is 0. The van der Waals surface area contributed by atoms with E-state index in [4.69, 9.17) is 23.2 Å². The number of nitrogens with one attached hydrogen (secondary N) is 1. The molecule has 0 saturated carbocycles. The highest BCUT2D eigenvalue weighted by molar-refractivity contribution is 6.31. The molecule has 0 bridgehead atoms. The van der Waals surface area contributed by atoms with Crippen molar-refractivity contribution in [1.82, 2.24) is 15.3 Å². The third kappa shape index (κ3) is 3.40. The average molecular weight is 268 g/mol. The molecule has 0 aromatic carbocycles. The van der Waals surface area contributed by atoms with E-state index in [0.29, 0.717) is 23.1 Å². The van der Waals surface area contributed by atoms with Crippen LogP contribution in [0.25, 0.3) is 0 Å². The molecule has 0 atom stereocenters. The standard InChI is InChI=1S/C12H11Cl2N3/c13-11-1-3-15-5-9(11)7-17-8-10-6-16-4-2-12(10)14/h1-6,17H,7-8H2. The number of halogens is 2. The maximum atomic E-state index is 6.02. The molecule has 0 spiro atoms. The van der Waals surface area contributed by atoms with Crippen LogP contribution in [-0.2, 0) is 13.1 Å². The number of pyridine rings is 2. The minimum absolute atomic E-state index is 0.651. The summed E-state index contributed by atoms with van der Waals surface area (Å²) in [6.07, 6.45) is 6.84. The number of aromatic nitrogens is 2. The molecular weight excluding hydrogens is 257 g/mol. The van der Waals surface area contributed by atoms with Gasteiger partial charge in [0.2, 0.25) is 0 Å². The second kappa shape index (κ2) is 5.96. The maximum absolute atomic E-state index is 6.02. The van der Waals surface area contributed by atoms with Crippen LogP contribution in [0, 0.1) is 0 Å². The van der Waals surface area contributed by atoms with Crippen LogP contribution < -0.4 is 5.32 Å². The van der Waals surface area contributed by atoms with Crippen LogP contribution in [0.5, 0.6) is 0 Å². The summed E-state index contributed by atoms with van der Waals surface area (Å²) in [5.74, 6) is 0. The lowest BCUT2D eigenvalue weighted by atomic mass is 10.2. The van der Waals surface area contributed by atoms with E-state index in [9.17, 15) is 0 Å². The van der Waals surface area contributed by atoms with E-state index in [1.54, 1.807) is 36.9 Å². The topological polar surface area (TPSA) is 37.8 Å². The van der Waals surface area contributed by atoms with Crippen LogP contribution >= 0.6 is 23.2 Å². The normalized spacial score (nSPS) is 10.5. The third-order valence-corrected chi connectivity index (χ3v) is 3.06. The zero-order valence-corrected chi connectivity index (χ0v) is 10.5. The smallest absolute Gasteiger partial charge is 0.0481 e. The Labute approximate surface area is 110 Å². The van der Waals surface area contributed by atoms with Crippen LogP contribution in [0.1, 0.15) is 11.1 Å². The van der Waals surface area contributed by atoms with Crippen molar-refractivity contribution in [3.05, 3.63) is 58.1 Å². The van der Waals surface area contributed by atoms with Gasteiger partial charge in [-0.1, -0.05) is 23.2 Å². The summed E-state index contributed by atoms with van der Waals surface area (Å²) < 4.78 is 0. The van der Waals surface area contributed by atoms with Gasteiger partial charge in [-0.25, -0.2) is 0 Å². The highest BCUT2D eigenvalue weighted by atomic mass is 35.5. The van der Waals surface area contributed by atoms with Gasteiger partial charge in [-0.3, -0.25) is 9.97 Å². The van der Waals surface area contributed by atoms with E-state index in [-0.39, 0.29) is 0 Å². The molecule has 0 radical (unpaired) electrons. The highest BCUT2D eigenvalue weighted by Crippen LogP contribution is 2.15. The van der Waals surface area contributed by atoms with E-state index >= 15 is 0 Å². The van der Waals surface area contributed by atoms with Crippen molar-refractivity contribution in [3.8, 4) is 0 Å². The molecule has 17 heavy (non-hydrogen) atoms. The average Bonchev–Trinajstić information content (AvgIpc) is 2.34. The van der Waals surface area contributed by atoms with Gasteiger partial charge < -0.3 is 5.32 Å². The molecule has 0 amide bonds. The lowest BCUT2D eigenvalue weighted by molar-refractivity contribution is 0.690. The van der Waals surface area contributed by atoms with Gasteiger partial charge >= 0.3 is 0 Å². The van der Waals surface area contributed by atoms with Gasteiger partial charge in [0.1, 0.15) is 0 Å². The summed E-state index contributed by atoms with van der Waals surface area (Å²) >= 11 is 12.0. The first-order valence-electron chi connectivity index (χ1n) is 5.15. The summed E-state index contributed by atoms with van der Waals surface area (Å²) in [5.41, 5.74) is 1.93. The quantitative estimate of drug-likeness (QED) is 0.926. The van der Waals surface area contributed by atoms with Crippen molar-refractivity contribution in [2.75, 3.05) is 0 Å². The fraction of sp³-hybridized carbons (Fsp3) is 0.167. The Kier molecular flexibility index (Phi) is 4.31. The molecule has 3 nitrogen and oxygen atoms in total. The van der Waals surface area contributed by atoms with Crippen LogP contribution in [-0.4, -0.2) is 9.97 Å². The predicted octanol–water partition coefficient (Wildman–Crippen LogP) is 3.07. The highest BCUT2D eigenvalue weighted by Gasteiger charge is 2.01. The second-order valence-corrected chi connectivity index (χ2v) is 4.35. The lowest BCUT2D eigenvalue weighted by Gasteiger charge is -2.07. The molecule has 2 heterocycles. The molecule has 1 N–H and O–H groups in total. The molecule has 88 valence electrons. The summed E-state index contributed by atoms with van der Waals surface area (Å²) in [4.78, 5) is 8.05. The van der Waals surface area contributed by atoms with Crippen LogP contribution in [0.3, 0.4) is 0 Å². The van der Waals surface area contributed by atoms with Crippen LogP contribution in [0.2, 0.25) is 10.0 Å². The molecule has 0 aliphatic carbocycles. The predicted molar refractivity (Wildman–Crippen MR) is 69.0 cm³/mol. The first kappa shape index (κ1) is 12.3. The van der Waals surface area contributed by atoms with Crippen molar-refractivity contribution in [2.24, 2.45) is 0 Å². The Balaban J connectivity index is 1.93. The number of rotatable bonds is 4. The molecule has 2 aromatic heterocycles. The Morgan fingerprint density at radius 3 is 1.76 bits per heavy atom. The van der Waals surface area contributed by atoms with Crippen molar-refractivity contribution >= 4 is 23.2 Å². The molecule has 0 aliphatic heterocycles. The molecule has 0 fully saturated rings. The van der Waals surface area contributed by atoms with Crippen molar-refractivity contribution < 1.29 is 0 Å². The Morgan fingerprint density at radius 2 is 1.35 bits per heavy atom. The summed E-state index contributed by atoms with van der Waals surface area (Å²) in [5, 5.41) is 4.68. The maximum Gasteiger partial charge on any atom is 0.0481 e. The summed E-state index contributed by atoms with van der Waals surface area (Å²) in [6, 6.07) is 3.55. The fourth-order valence-corrected chi connectivity index (χ4v) is 1.76. The Morgan fingerprint density at radius 1 is 0.882 bits per heavy atom. The zero-order chi connectivity index (χ0) is 12.1. The van der Waals surface area contributed by atoms with Crippen molar-refractivity contribution in [2.45, 2.75) is 13.1 Å². The van der Waals surface area contributed by atoms with E-state index in [0.717, 1.165) is 11.1 Å². The lowest BCUT2D eigenvalue weighted by Crippen LogP contribution is -2.13. The van der Waals surface area contributed by atoms with Gasteiger partial charge in [-0.2, -0.15) is 0 Å². The van der Waals surface area contributed by atoms with Crippen molar-refractivity contribution in [1.29, 1.82) is 0 Å². The van der Waals surface area contributed by atoms with Gasteiger partial charge in [-0.15, -0.1) is 0 Å². The molecule has 0 aliphatic rings. The third-order valence-electron chi connectivity index (χ3n) is 2.32. The Bertz CT molecular complexity index is 457. The zero-order valence-electron chi connectivity index (χ0n) is 9.03. The van der Waals surface area contributed by atoms with E-state index in [1.165, 1.54) is 0 Å². The van der Waals surface area contributed by atoms with Gasteiger partial charge in [-0.05, 0) is 12.1 Å². The van der Waals surface area contributed by atoms with Gasteiger partial charge in [0.15, 0.2) is 0 Å². The van der Waals surface area contributed by atoms with E-state index in [2.05, 4.69) is 15.3 Å². The van der Waals surface area contributed by atoms with Gasteiger partial charge in [0.05, 0.1) is 0 Å². The minimum Gasteiger partial charge on any atom is -0.308 e. The van der Waals surface area contributed by atoms with Gasteiger partial charge in [0.25, 0.3) is 0 Å². The minimum atomic E-state index is 0.651.